The lowest BCUT2D eigenvalue weighted by molar-refractivity contribution is -0.120. The van der Waals surface area contributed by atoms with Gasteiger partial charge in [0.05, 0.1) is 5.51 Å². The molecule has 0 fully saturated rings. The summed E-state index contributed by atoms with van der Waals surface area (Å²) in [7, 11) is 0. The number of carbonyl (C=O) groups is 2. The van der Waals surface area contributed by atoms with E-state index in [1.807, 2.05) is 0 Å². The molecule has 1 amide bonds. The highest BCUT2D eigenvalue weighted by Crippen LogP contribution is 2.05. The number of aromatic nitrogens is 1. The molecule has 0 aromatic carbocycles. The maximum atomic E-state index is 11.0. The van der Waals surface area contributed by atoms with E-state index in [1.165, 1.54) is 16.8 Å². The van der Waals surface area contributed by atoms with Gasteiger partial charge in [0.15, 0.2) is 12.4 Å². The number of nitrogens with one attached hydrogen (secondary N) is 1. The molecule has 0 radical (unpaired) electrons. The fourth-order valence-electron chi connectivity index (χ4n) is 0.770. The number of hydrogen-bond acceptors (Lipinski definition) is 6. The molecule has 0 aliphatic rings. The summed E-state index contributed by atoms with van der Waals surface area (Å²) in [6, 6.07) is 0. The quantitative estimate of drug-likeness (QED) is 0.213. The van der Waals surface area contributed by atoms with Crippen LogP contribution in [0.25, 0.3) is 0 Å². The Morgan fingerprint density at radius 1 is 1.56 bits per heavy atom. The van der Waals surface area contributed by atoms with Crippen molar-refractivity contribution in [3.05, 3.63) is 16.6 Å². The van der Waals surface area contributed by atoms with Crippen molar-refractivity contribution in [2.45, 2.75) is 0 Å². The summed E-state index contributed by atoms with van der Waals surface area (Å²) >= 11 is 11.8. The van der Waals surface area contributed by atoms with Gasteiger partial charge in [0, 0.05) is 5.38 Å². The number of oxime groups is 1. The topological polar surface area (TPSA) is 80.6 Å². The third kappa shape index (κ3) is 5.63. The summed E-state index contributed by atoms with van der Waals surface area (Å²) in [6.07, 6.45) is 0. The van der Waals surface area contributed by atoms with Crippen molar-refractivity contribution in [1.29, 1.82) is 0 Å². The van der Waals surface area contributed by atoms with Crippen LogP contribution in [-0.2, 0) is 14.4 Å². The number of nitrogens with zero attached hydrogens (tertiary/aromatic N) is 2. The molecule has 1 heterocycles. The molecule has 0 atom stereocenters. The third-order valence-corrected chi connectivity index (χ3v) is 2.48. The van der Waals surface area contributed by atoms with E-state index in [4.69, 9.17) is 28.0 Å². The molecule has 0 bridgehead atoms. The Morgan fingerprint density at radius 2 is 2.28 bits per heavy atom. The van der Waals surface area contributed by atoms with Crippen molar-refractivity contribution in [1.82, 2.24) is 10.3 Å². The van der Waals surface area contributed by atoms with Crippen molar-refractivity contribution in [2.24, 2.45) is 5.16 Å². The van der Waals surface area contributed by atoms with E-state index in [0.29, 0.717) is 5.69 Å². The van der Waals surface area contributed by atoms with Crippen LogP contribution in [0.15, 0.2) is 16.0 Å². The Balaban J connectivity index is 0.00000289. The van der Waals surface area contributed by atoms with E-state index in [0.717, 1.165) is 0 Å². The molecule has 0 aliphatic carbocycles. The van der Waals surface area contributed by atoms with Gasteiger partial charge >= 0.3 is 0 Å². The Labute approximate surface area is 123 Å². The van der Waals surface area contributed by atoms with Gasteiger partial charge in [-0.1, -0.05) is 5.16 Å². The first kappa shape index (κ1) is 17.1. The molecule has 1 aromatic rings. The molecule has 100 valence electrons. The van der Waals surface area contributed by atoms with Gasteiger partial charge in [-0.2, -0.15) is 0 Å². The SMILES string of the molecule is Cl.O=C(CCl)NCON=C(C(=O)Cl)c1cscn1. The summed E-state index contributed by atoms with van der Waals surface area (Å²) < 4.78 is 0. The summed E-state index contributed by atoms with van der Waals surface area (Å²) in [4.78, 5) is 30.4. The summed E-state index contributed by atoms with van der Waals surface area (Å²) in [5.41, 5.74) is 1.73. The van der Waals surface area contributed by atoms with Crippen LogP contribution in [0.2, 0.25) is 0 Å². The Bertz CT molecular complexity index is 424. The molecule has 1 N–H and O–H groups in total. The van der Waals surface area contributed by atoms with Gasteiger partial charge < -0.3 is 10.2 Å². The highest BCUT2D eigenvalue weighted by atomic mass is 35.5. The number of amides is 1. The van der Waals surface area contributed by atoms with E-state index >= 15 is 0 Å². The Morgan fingerprint density at radius 3 is 2.78 bits per heavy atom. The number of alkyl halides is 1. The number of halogens is 3. The molecule has 0 saturated heterocycles. The monoisotopic (exact) mass is 331 g/mol. The average molecular weight is 333 g/mol. The van der Waals surface area contributed by atoms with Gasteiger partial charge in [0.1, 0.15) is 11.6 Å². The second-order valence-corrected chi connectivity index (χ2v) is 3.92. The smallest absolute Gasteiger partial charge is 0.276 e. The van der Waals surface area contributed by atoms with Crippen LogP contribution < -0.4 is 5.32 Å². The molecular weight excluding hydrogens is 325 g/mol. The predicted octanol–water partition coefficient (Wildman–Crippen LogP) is 1.36. The molecule has 10 heteroatoms. The third-order valence-electron chi connectivity index (χ3n) is 1.47. The van der Waals surface area contributed by atoms with E-state index < -0.39 is 11.1 Å². The summed E-state index contributed by atoms with van der Waals surface area (Å²) in [5.74, 6) is -0.588. The van der Waals surface area contributed by atoms with Crippen LogP contribution in [0.5, 0.6) is 0 Å². The van der Waals surface area contributed by atoms with Crippen LogP contribution >= 0.6 is 46.9 Å². The maximum Gasteiger partial charge on any atom is 0.276 e. The molecule has 18 heavy (non-hydrogen) atoms. The van der Waals surface area contributed by atoms with Gasteiger partial charge in [-0.25, -0.2) is 4.98 Å². The molecule has 1 aromatic heterocycles. The number of hydrogen-bond donors (Lipinski definition) is 1. The van der Waals surface area contributed by atoms with E-state index in [2.05, 4.69) is 15.5 Å². The van der Waals surface area contributed by atoms with Crippen LogP contribution in [0.1, 0.15) is 5.69 Å². The van der Waals surface area contributed by atoms with Crippen molar-refractivity contribution >= 4 is 63.8 Å². The minimum Gasteiger partial charge on any atom is -0.373 e. The Kier molecular flexibility index (Phi) is 8.65. The average Bonchev–Trinajstić information content (AvgIpc) is 2.81. The minimum absolute atomic E-state index is 0. The number of rotatable bonds is 6. The molecule has 6 nitrogen and oxygen atoms in total. The first-order chi connectivity index (χ1) is 8.15. The highest BCUT2D eigenvalue weighted by Gasteiger charge is 2.14. The van der Waals surface area contributed by atoms with E-state index in [1.54, 1.807) is 5.38 Å². The van der Waals surface area contributed by atoms with Gasteiger partial charge in [-0.15, -0.1) is 35.3 Å². The number of thiazole rings is 1. The standard InChI is InChI=1S/C8H7Cl2N3O3S.ClH/c9-1-6(14)11-3-16-13-7(8(10)15)5-2-17-4-12-5;/h2,4H,1,3H2,(H,11,14);1H. The zero-order valence-corrected chi connectivity index (χ0v) is 11.9. The maximum absolute atomic E-state index is 11.0. The minimum atomic E-state index is -0.792. The summed E-state index contributed by atoms with van der Waals surface area (Å²) in [6.45, 7) is -0.205. The first-order valence-electron chi connectivity index (χ1n) is 4.26. The Hall–Kier alpha value is -0.890. The molecule has 1 rings (SSSR count). The lowest BCUT2D eigenvalue weighted by Crippen LogP contribution is -2.26. The van der Waals surface area contributed by atoms with Crippen LogP contribution in [0.3, 0.4) is 0 Å². The lowest BCUT2D eigenvalue weighted by atomic mass is 10.3. The molecule has 0 unspecified atom stereocenters. The predicted molar refractivity (Wildman–Crippen MR) is 71.6 cm³/mol. The largest absolute Gasteiger partial charge is 0.373 e. The van der Waals surface area contributed by atoms with Crippen molar-refractivity contribution < 1.29 is 14.4 Å². The fraction of sp³-hybridized carbons (Fsp3) is 0.250. The van der Waals surface area contributed by atoms with Crippen molar-refractivity contribution in [2.75, 3.05) is 12.6 Å². The van der Waals surface area contributed by atoms with Gasteiger partial charge in [0.2, 0.25) is 5.91 Å². The van der Waals surface area contributed by atoms with E-state index in [-0.39, 0.29) is 30.7 Å². The molecule has 0 saturated carbocycles. The second-order valence-electron chi connectivity index (χ2n) is 2.59. The zero-order valence-electron chi connectivity index (χ0n) is 8.76. The number of carbonyl (C=O) groups excluding carboxylic acids is 2. The molecule has 0 aliphatic heterocycles. The second kappa shape index (κ2) is 9.09. The first-order valence-corrected chi connectivity index (χ1v) is 6.11. The van der Waals surface area contributed by atoms with Crippen molar-refractivity contribution in [3.8, 4) is 0 Å². The summed E-state index contributed by atoms with van der Waals surface area (Å²) in [5, 5.41) is 6.60. The van der Waals surface area contributed by atoms with Crippen molar-refractivity contribution in [3.63, 3.8) is 0 Å². The lowest BCUT2D eigenvalue weighted by Gasteiger charge is -2.01. The highest BCUT2D eigenvalue weighted by molar-refractivity contribution is 7.08. The van der Waals surface area contributed by atoms with Crippen LogP contribution in [0, 0.1) is 0 Å². The van der Waals surface area contributed by atoms with Gasteiger partial charge in [0.25, 0.3) is 5.24 Å². The van der Waals surface area contributed by atoms with Crippen LogP contribution in [0.4, 0.5) is 0 Å². The molecular formula is C8H8Cl3N3O3S. The normalized spacial score (nSPS) is 10.4. The fourth-order valence-corrected chi connectivity index (χ4v) is 1.53. The zero-order chi connectivity index (χ0) is 12.7. The van der Waals surface area contributed by atoms with E-state index in [9.17, 15) is 9.59 Å². The van der Waals surface area contributed by atoms with Gasteiger partial charge in [-0.05, 0) is 11.6 Å². The van der Waals surface area contributed by atoms with Gasteiger partial charge in [-0.3, -0.25) is 9.59 Å². The van der Waals surface area contributed by atoms with Crippen LogP contribution in [-0.4, -0.2) is 34.5 Å². The molecule has 0 spiro atoms.